The molecule has 1 atom stereocenters. The second-order valence-electron chi connectivity index (χ2n) is 7.78. The number of halogens is 1. The van der Waals surface area contributed by atoms with Crippen molar-refractivity contribution < 1.29 is 18.4 Å². The standard InChI is InChI=1S/C23H24FN3O3/c1-14(2)16-6-4-15(5-7-16)13-27-19(9-11-21(27)28)23-25-22(26-30-23)17-8-10-20(29-3)18(24)12-17/h4-8,10,12,14,19H,9,11,13H2,1-3H3. The van der Waals surface area contributed by atoms with Gasteiger partial charge in [0.1, 0.15) is 6.04 Å². The molecule has 1 saturated heterocycles. The first-order valence-electron chi connectivity index (χ1n) is 10.0. The van der Waals surface area contributed by atoms with Gasteiger partial charge < -0.3 is 14.2 Å². The maximum atomic E-state index is 14.0. The van der Waals surface area contributed by atoms with Crippen LogP contribution in [0, 0.1) is 5.82 Å². The lowest BCUT2D eigenvalue weighted by Gasteiger charge is -2.22. The van der Waals surface area contributed by atoms with E-state index in [0.29, 0.717) is 36.8 Å². The van der Waals surface area contributed by atoms with E-state index in [-0.39, 0.29) is 23.5 Å². The van der Waals surface area contributed by atoms with E-state index >= 15 is 0 Å². The third-order valence-corrected chi connectivity index (χ3v) is 5.46. The number of hydrogen-bond acceptors (Lipinski definition) is 5. The van der Waals surface area contributed by atoms with Gasteiger partial charge in [-0.2, -0.15) is 4.98 Å². The first-order valence-corrected chi connectivity index (χ1v) is 10.0. The van der Waals surface area contributed by atoms with Crippen LogP contribution in [0.1, 0.15) is 55.7 Å². The molecule has 2 aromatic carbocycles. The lowest BCUT2D eigenvalue weighted by Crippen LogP contribution is -2.27. The number of amides is 1. The van der Waals surface area contributed by atoms with Crippen LogP contribution >= 0.6 is 0 Å². The summed E-state index contributed by atoms with van der Waals surface area (Å²) >= 11 is 0. The number of ether oxygens (including phenoxy) is 1. The van der Waals surface area contributed by atoms with Gasteiger partial charge in [0, 0.05) is 18.5 Å². The molecule has 30 heavy (non-hydrogen) atoms. The number of methoxy groups -OCH3 is 1. The van der Waals surface area contributed by atoms with Crippen molar-refractivity contribution in [3.63, 3.8) is 0 Å². The highest BCUT2D eigenvalue weighted by molar-refractivity contribution is 5.78. The van der Waals surface area contributed by atoms with Crippen LogP contribution < -0.4 is 4.74 Å². The minimum atomic E-state index is -0.496. The van der Waals surface area contributed by atoms with Gasteiger partial charge in [-0.05, 0) is 41.7 Å². The van der Waals surface area contributed by atoms with Gasteiger partial charge in [0.2, 0.25) is 17.6 Å². The average Bonchev–Trinajstić information content (AvgIpc) is 3.36. The van der Waals surface area contributed by atoms with Gasteiger partial charge in [0.15, 0.2) is 11.6 Å². The SMILES string of the molecule is COc1ccc(-c2noc(C3CCC(=O)N3Cc3ccc(C(C)C)cc3)n2)cc1F. The summed E-state index contributed by atoms with van der Waals surface area (Å²) in [5, 5.41) is 3.99. The molecule has 0 spiro atoms. The molecule has 6 nitrogen and oxygen atoms in total. The molecule has 2 heterocycles. The van der Waals surface area contributed by atoms with Crippen LogP contribution in [0.4, 0.5) is 4.39 Å². The summed E-state index contributed by atoms with van der Waals surface area (Å²) in [5.74, 6) is 0.823. The van der Waals surface area contributed by atoms with Gasteiger partial charge in [0.05, 0.1) is 7.11 Å². The van der Waals surface area contributed by atoms with E-state index in [2.05, 4.69) is 48.3 Å². The molecule has 1 amide bonds. The van der Waals surface area contributed by atoms with Crippen molar-refractivity contribution in [3.8, 4) is 17.1 Å². The number of rotatable bonds is 6. The number of nitrogens with zero attached hydrogens (tertiary/aromatic N) is 3. The number of carbonyl (C=O) groups excluding carboxylic acids is 1. The maximum Gasteiger partial charge on any atom is 0.249 e. The van der Waals surface area contributed by atoms with Crippen molar-refractivity contribution in [2.45, 2.75) is 45.2 Å². The summed E-state index contributed by atoms with van der Waals surface area (Å²) in [6.07, 6.45) is 1.05. The van der Waals surface area contributed by atoms with Crippen molar-refractivity contribution in [2.24, 2.45) is 0 Å². The fourth-order valence-electron chi connectivity index (χ4n) is 3.69. The predicted octanol–water partition coefficient (Wildman–Crippen LogP) is 4.87. The van der Waals surface area contributed by atoms with Crippen LogP contribution in [-0.2, 0) is 11.3 Å². The number of benzene rings is 2. The normalized spacial score (nSPS) is 16.5. The summed E-state index contributed by atoms with van der Waals surface area (Å²) in [5.41, 5.74) is 2.80. The van der Waals surface area contributed by atoms with Crippen LogP contribution in [0.25, 0.3) is 11.4 Å². The molecule has 0 bridgehead atoms. The summed E-state index contributed by atoms with van der Waals surface area (Å²) in [6.45, 7) is 4.78. The molecule has 0 saturated carbocycles. The molecule has 1 aliphatic rings. The van der Waals surface area contributed by atoms with E-state index in [1.165, 1.54) is 24.8 Å². The zero-order valence-electron chi connectivity index (χ0n) is 17.3. The van der Waals surface area contributed by atoms with Crippen molar-refractivity contribution in [2.75, 3.05) is 7.11 Å². The van der Waals surface area contributed by atoms with Crippen LogP contribution in [0.3, 0.4) is 0 Å². The highest BCUT2D eigenvalue weighted by atomic mass is 19.1. The van der Waals surface area contributed by atoms with E-state index in [4.69, 9.17) is 9.26 Å². The fraction of sp³-hybridized carbons (Fsp3) is 0.348. The highest BCUT2D eigenvalue weighted by Gasteiger charge is 2.36. The van der Waals surface area contributed by atoms with Crippen molar-refractivity contribution >= 4 is 5.91 Å². The van der Waals surface area contributed by atoms with Crippen LogP contribution in [0.2, 0.25) is 0 Å². The van der Waals surface area contributed by atoms with E-state index < -0.39 is 5.82 Å². The third kappa shape index (κ3) is 3.92. The molecule has 0 N–H and O–H groups in total. The van der Waals surface area contributed by atoms with Crippen molar-refractivity contribution in [1.29, 1.82) is 0 Å². The minimum absolute atomic E-state index is 0.0585. The molecule has 1 aliphatic heterocycles. The van der Waals surface area contributed by atoms with Crippen LogP contribution in [0.5, 0.6) is 5.75 Å². The minimum Gasteiger partial charge on any atom is -0.494 e. The van der Waals surface area contributed by atoms with Crippen LogP contribution in [-0.4, -0.2) is 28.1 Å². The molecule has 0 radical (unpaired) electrons. The maximum absolute atomic E-state index is 14.0. The molecule has 1 fully saturated rings. The Bertz CT molecular complexity index is 1050. The number of hydrogen-bond donors (Lipinski definition) is 0. The van der Waals surface area contributed by atoms with Crippen LogP contribution in [0.15, 0.2) is 47.0 Å². The first-order chi connectivity index (χ1) is 14.5. The average molecular weight is 409 g/mol. The van der Waals surface area contributed by atoms with Gasteiger partial charge in [-0.3, -0.25) is 4.79 Å². The number of likely N-dealkylation sites (tertiary alicyclic amines) is 1. The summed E-state index contributed by atoms with van der Waals surface area (Å²) in [4.78, 5) is 18.7. The Kier molecular flexibility index (Phi) is 5.53. The molecule has 7 heteroatoms. The van der Waals surface area contributed by atoms with E-state index in [9.17, 15) is 9.18 Å². The Hall–Kier alpha value is -3.22. The fourth-order valence-corrected chi connectivity index (χ4v) is 3.69. The van der Waals surface area contributed by atoms with Crippen molar-refractivity contribution in [3.05, 3.63) is 65.3 Å². The molecule has 156 valence electrons. The van der Waals surface area contributed by atoms with Gasteiger partial charge in [-0.1, -0.05) is 43.3 Å². The number of aromatic nitrogens is 2. The first kappa shape index (κ1) is 20.1. The molecule has 1 unspecified atom stereocenters. The van der Waals surface area contributed by atoms with E-state index in [1.54, 1.807) is 11.0 Å². The Balaban J connectivity index is 1.54. The van der Waals surface area contributed by atoms with Gasteiger partial charge in [0.25, 0.3) is 0 Å². The Morgan fingerprint density at radius 1 is 1.23 bits per heavy atom. The molecule has 0 aliphatic carbocycles. The van der Waals surface area contributed by atoms with Gasteiger partial charge in [-0.15, -0.1) is 0 Å². The third-order valence-electron chi connectivity index (χ3n) is 5.46. The molecule has 4 rings (SSSR count). The highest BCUT2D eigenvalue weighted by Crippen LogP contribution is 2.34. The smallest absolute Gasteiger partial charge is 0.249 e. The summed E-state index contributed by atoms with van der Waals surface area (Å²) < 4.78 is 24.4. The molecular weight excluding hydrogens is 385 g/mol. The number of carbonyl (C=O) groups is 1. The van der Waals surface area contributed by atoms with Gasteiger partial charge >= 0.3 is 0 Å². The predicted molar refractivity (Wildman–Crippen MR) is 109 cm³/mol. The zero-order chi connectivity index (χ0) is 21.3. The topological polar surface area (TPSA) is 68.5 Å². The van der Waals surface area contributed by atoms with Crippen molar-refractivity contribution in [1.82, 2.24) is 15.0 Å². The lowest BCUT2D eigenvalue weighted by molar-refractivity contribution is -0.129. The van der Waals surface area contributed by atoms with E-state index in [1.807, 2.05) is 0 Å². The van der Waals surface area contributed by atoms with Gasteiger partial charge in [-0.25, -0.2) is 4.39 Å². The summed E-state index contributed by atoms with van der Waals surface area (Å²) in [6, 6.07) is 12.5. The summed E-state index contributed by atoms with van der Waals surface area (Å²) in [7, 11) is 1.41. The second-order valence-corrected chi connectivity index (χ2v) is 7.78. The molecule has 1 aromatic heterocycles. The Morgan fingerprint density at radius 2 is 2.00 bits per heavy atom. The van der Waals surface area contributed by atoms with E-state index in [0.717, 1.165) is 5.56 Å². The Labute approximate surface area is 174 Å². The monoisotopic (exact) mass is 409 g/mol. The largest absolute Gasteiger partial charge is 0.494 e. The zero-order valence-corrected chi connectivity index (χ0v) is 17.3. The quantitative estimate of drug-likeness (QED) is 0.581. The second kappa shape index (κ2) is 8.26. The molecular formula is C23H24FN3O3. The Morgan fingerprint density at radius 3 is 2.67 bits per heavy atom. The lowest BCUT2D eigenvalue weighted by atomic mass is 10.0. The molecule has 3 aromatic rings.